The Labute approximate surface area is 114 Å². The number of amidine groups is 1. The molecule has 0 atom stereocenters. The molecule has 1 saturated heterocycles. The van der Waals surface area contributed by atoms with E-state index in [1.165, 1.54) is 5.17 Å². The molecular weight excluding hydrogens is 246 g/mol. The molecule has 5 heteroatoms. The van der Waals surface area contributed by atoms with Crippen molar-refractivity contribution in [3.8, 4) is 0 Å². The molecule has 0 amide bonds. The van der Waals surface area contributed by atoms with Gasteiger partial charge in [0.2, 0.25) is 0 Å². The van der Waals surface area contributed by atoms with Gasteiger partial charge >= 0.3 is 0 Å². The molecule has 0 radical (unpaired) electrons. The molecule has 0 bridgehead atoms. The lowest BCUT2D eigenvalue weighted by molar-refractivity contribution is 0.0254. The fraction of sp³-hybridized carbons (Fsp3) is 0.923. The molecule has 0 aromatic rings. The van der Waals surface area contributed by atoms with Gasteiger partial charge in [-0.3, -0.25) is 9.89 Å². The summed E-state index contributed by atoms with van der Waals surface area (Å²) in [6, 6.07) is 0. The van der Waals surface area contributed by atoms with E-state index in [9.17, 15) is 5.11 Å². The molecule has 0 aliphatic carbocycles. The number of rotatable bonds is 2. The van der Waals surface area contributed by atoms with Crippen LogP contribution in [0.1, 0.15) is 27.7 Å². The van der Waals surface area contributed by atoms with E-state index in [2.05, 4.69) is 28.6 Å². The zero-order valence-electron chi connectivity index (χ0n) is 11.9. The molecule has 2 aliphatic rings. The maximum atomic E-state index is 9.83. The van der Waals surface area contributed by atoms with Crippen LogP contribution in [-0.2, 0) is 0 Å². The zero-order chi connectivity index (χ0) is 13.4. The quantitative estimate of drug-likeness (QED) is 0.820. The van der Waals surface area contributed by atoms with Gasteiger partial charge in [0.05, 0.1) is 12.1 Å². The average molecular weight is 271 g/mol. The number of β-amino-alcohol motifs (C(OH)–C–C–N with tert-alkyl or cyclic N) is 1. The highest BCUT2D eigenvalue weighted by atomic mass is 32.2. The average Bonchev–Trinajstić information content (AvgIpc) is 2.57. The van der Waals surface area contributed by atoms with Gasteiger partial charge in [-0.2, -0.15) is 0 Å². The van der Waals surface area contributed by atoms with Gasteiger partial charge in [0.1, 0.15) is 0 Å². The number of aliphatic hydroxyl groups is 1. The SMILES string of the molecule is CC(C)(O)CN1CCN(C2=NCC(C)(C)S2)CC1. The highest BCUT2D eigenvalue weighted by Gasteiger charge is 2.32. The van der Waals surface area contributed by atoms with E-state index < -0.39 is 5.60 Å². The summed E-state index contributed by atoms with van der Waals surface area (Å²) in [5.74, 6) is 0. The van der Waals surface area contributed by atoms with Crippen LogP contribution in [-0.4, -0.2) is 69.7 Å². The Morgan fingerprint density at radius 1 is 1.28 bits per heavy atom. The molecular formula is C13H25N3OS. The van der Waals surface area contributed by atoms with Crippen molar-refractivity contribution < 1.29 is 5.11 Å². The predicted molar refractivity (Wildman–Crippen MR) is 78.3 cm³/mol. The number of hydrogen-bond donors (Lipinski definition) is 1. The lowest BCUT2D eigenvalue weighted by Crippen LogP contribution is -2.51. The summed E-state index contributed by atoms with van der Waals surface area (Å²) in [5, 5.41) is 11.0. The molecule has 0 spiro atoms. The Hall–Kier alpha value is -0.260. The van der Waals surface area contributed by atoms with Gasteiger partial charge in [-0.1, -0.05) is 11.8 Å². The third kappa shape index (κ3) is 3.87. The molecule has 2 rings (SSSR count). The van der Waals surface area contributed by atoms with Crippen molar-refractivity contribution in [2.45, 2.75) is 38.0 Å². The van der Waals surface area contributed by atoms with Gasteiger partial charge in [-0.15, -0.1) is 0 Å². The molecule has 2 heterocycles. The highest BCUT2D eigenvalue weighted by Crippen LogP contribution is 2.33. The summed E-state index contributed by atoms with van der Waals surface area (Å²) >= 11 is 1.90. The lowest BCUT2D eigenvalue weighted by Gasteiger charge is -2.38. The largest absolute Gasteiger partial charge is 0.389 e. The van der Waals surface area contributed by atoms with Crippen molar-refractivity contribution in [3.05, 3.63) is 0 Å². The second kappa shape index (κ2) is 5.02. The second-order valence-corrected chi connectivity index (χ2v) is 8.21. The molecule has 18 heavy (non-hydrogen) atoms. The normalized spacial score (nSPS) is 25.4. The monoisotopic (exact) mass is 271 g/mol. The van der Waals surface area contributed by atoms with Gasteiger partial charge in [-0.05, 0) is 27.7 Å². The summed E-state index contributed by atoms with van der Waals surface area (Å²) in [4.78, 5) is 9.37. The molecule has 2 aliphatic heterocycles. The van der Waals surface area contributed by atoms with Crippen LogP contribution in [0.2, 0.25) is 0 Å². The van der Waals surface area contributed by atoms with Crippen LogP contribution in [0.25, 0.3) is 0 Å². The Morgan fingerprint density at radius 2 is 1.89 bits per heavy atom. The van der Waals surface area contributed by atoms with E-state index in [-0.39, 0.29) is 4.75 Å². The van der Waals surface area contributed by atoms with Gasteiger partial charge in [0, 0.05) is 37.5 Å². The highest BCUT2D eigenvalue weighted by molar-refractivity contribution is 8.15. The van der Waals surface area contributed by atoms with Crippen molar-refractivity contribution in [1.82, 2.24) is 9.80 Å². The van der Waals surface area contributed by atoms with Crippen molar-refractivity contribution in [2.24, 2.45) is 4.99 Å². The minimum absolute atomic E-state index is 0.263. The maximum absolute atomic E-state index is 9.83. The Morgan fingerprint density at radius 3 is 2.33 bits per heavy atom. The molecule has 1 fully saturated rings. The topological polar surface area (TPSA) is 39.1 Å². The Balaban J connectivity index is 1.81. The summed E-state index contributed by atoms with van der Waals surface area (Å²) < 4.78 is 0.263. The zero-order valence-corrected chi connectivity index (χ0v) is 12.8. The third-order valence-electron chi connectivity index (χ3n) is 3.22. The first-order chi connectivity index (χ1) is 8.25. The molecule has 0 saturated carbocycles. The standard InChI is InChI=1S/C13H25N3OS/c1-12(2,17)10-15-5-7-16(8-6-15)11-14-9-13(3,4)18-11/h17H,5-10H2,1-4H3. The van der Waals surface area contributed by atoms with E-state index >= 15 is 0 Å². The summed E-state index contributed by atoms with van der Waals surface area (Å²) in [6.07, 6.45) is 0. The van der Waals surface area contributed by atoms with E-state index in [1.807, 2.05) is 25.6 Å². The Kier molecular flexibility index (Phi) is 3.95. The predicted octanol–water partition coefficient (Wildman–Crippen LogP) is 1.26. The van der Waals surface area contributed by atoms with Gasteiger partial charge in [0.25, 0.3) is 0 Å². The minimum Gasteiger partial charge on any atom is -0.389 e. The minimum atomic E-state index is -0.593. The molecule has 0 aromatic carbocycles. The molecule has 0 aromatic heterocycles. The number of hydrogen-bond acceptors (Lipinski definition) is 5. The number of piperazine rings is 1. The first kappa shape index (κ1) is 14.2. The van der Waals surface area contributed by atoms with Gasteiger partial charge in [-0.25, -0.2) is 0 Å². The van der Waals surface area contributed by atoms with Gasteiger partial charge < -0.3 is 10.0 Å². The van der Waals surface area contributed by atoms with E-state index in [0.717, 1.165) is 39.3 Å². The fourth-order valence-electron chi connectivity index (χ4n) is 2.38. The van der Waals surface area contributed by atoms with E-state index in [0.29, 0.717) is 0 Å². The first-order valence-electron chi connectivity index (χ1n) is 6.68. The number of nitrogens with zero attached hydrogens (tertiary/aromatic N) is 3. The fourth-order valence-corrected chi connectivity index (χ4v) is 3.44. The molecule has 4 nitrogen and oxygen atoms in total. The van der Waals surface area contributed by atoms with Crippen LogP contribution in [0.3, 0.4) is 0 Å². The van der Waals surface area contributed by atoms with Crippen LogP contribution in [0.4, 0.5) is 0 Å². The van der Waals surface area contributed by atoms with Gasteiger partial charge in [0.15, 0.2) is 5.17 Å². The summed E-state index contributed by atoms with van der Waals surface area (Å²) in [5.41, 5.74) is -0.593. The lowest BCUT2D eigenvalue weighted by atomic mass is 10.1. The molecule has 104 valence electrons. The third-order valence-corrected chi connectivity index (χ3v) is 4.47. The van der Waals surface area contributed by atoms with Crippen molar-refractivity contribution in [1.29, 1.82) is 0 Å². The van der Waals surface area contributed by atoms with E-state index in [1.54, 1.807) is 0 Å². The first-order valence-corrected chi connectivity index (χ1v) is 7.50. The van der Waals surface area contributed by atoms with Crippen LogP contribution in [0, 0.1) is 0 Å². The van der Waals surface area contributed by atoms with Crippen molar-refractivity contribution in [3.63, 3.8) is 0 Å². The van der Waals surface area contributed by atoms with Crippen LogP contribution in [0.5, 0.6) is 0 Å². The number of thioether (sulfide) groups is 1. The summed E-state index contributed by atoms with van der Waals surface area (Å²) in [7, 11) is 0. The van der Waals surface area contributed by atoms with Crippen LogP contribution < -0.4 is 0 Å². The van der Waals surface area contributed by atoms with Crippen LogP contribution in [0.15, 0.2) is 4.99 Å². The molecule has 1 N–H and O–H groups in total. The van der Waals surface area contributed by atoms with Crippen molar-refractivity contribution in [2.75, 3.05) is 39.3 Å². The van der Waals surface area contributed by atoms with E-state index in [4.69, 9.17) is 0 Å². The van der Waals surface area contributed by atoms with Crippen LogP contribution >= 0.6 is 11.8 Å². The molecule has 0 unspecified atom stereocenters. The smallest absolute Gasteiger partial charge is 0.159 e. The second-order valence-electron chi connectivity index (χ2n) is 6.54. The number of aliphatic imine (C=N–C) groups is 1. The summed E-state index contributed by atoms with van der Waals surface area (Å²) in [6.45, 7) is 14.0. The Bertz CT molecular complexity index is 328. The maximum Gasteiger partial charge on any atom is 0.159 e. The van der Waals surface area contributed by atoms with Crippen molar-refractivity contribution >= 4 is 16.9 Å².